The monoisotopic (exact) mass is 469 g/mol. The fourth-order valence-electron chi connectivity index (χ4n) is 4.19. The summed E-state index contributed by atoms with van der Waals surface area (Å²) in [4.78, 5) is 8.20. The van der Waals surface area contributed by atoms with E-state index in [4.69, 9.17) is 5.14 Å². The quantitative estimate of drug-likeness (QED) is 0.400. The lowest BCUT2D eigenvalue weighted by Crippen LogP contribution is -2.36. The predicted octanol–water partition coefficient (Wildman–Crippen LogP) is 1.09. The van der Waals surface area contributed by atoms with Gasteiger partial charge in [-0.05, 0) is 30.4 Å². The van der Waals surface area contributed by atoms with Crippen LogP contribution in [0.4, 0.5) is 16.2 Å². The maximum Gasteiger partial charge on any atom is 0.333 e. The van der Waals surface area contributed by atoms with Gasteiger partial charge in [0.1, 0.15) is 6.10 Å². The Bertz CT molecular complexity index is 1060. The molecule has 5 atom stereocenters. The van der Waals surface area contributed by atoms with Gasteiger partial charge in [-0.3, -0.25) is 4.18 Å². The van der Waals surface area contributed by atoms with Gasteiger partial charge in [-0.15, -0.1) is 0 Å². The van der Waals surface area contributed by atoms with E-state index in [1.54, 1.807) is 0 Å². The smallest absolute Gasteiger partial charge is 0.333 e. The van der Waals surface area contributed by atoms with E-state index in [0.29, 0.717) is 0 Å². The van der Waals surface area contributed by atoms with Crippen LogP contribution < -0.4 is 15.8 Å². The normalized spacial score (nSPS) is 26.9. The first-order chi connectivity index (χ1) is 14.7. The van der Waals surface area contributed by atoms with E-state index in [0.717, 1.165) is 24.6 Å². The van der Waals surface area contributed by atoms with Crippen LogP contribution in [0.2, 0.25) is 0 Å². The number of rotatable bonds is 7. The van der Waals surface area contributed by atoms with Crippen LogP contribution in [0.15, 0.2) is 30.5 Å². The summed E-state index contributed by atoms with van der Waals surface area (Å²) in [5.74, 6) is -1.33. The second-order valence-electron chi connectivity index (χ2n) is 7.83. The zero-order valence-electron chi connectivity index (χ0n) is 16.5. The average molecular weight is 470 g/mol. The van der Waals surface area contributed by atoms with Gasteiger partial charge >= 0.3 is 10.3 Å². The van der Waals surface area contributed by atoms with E-state index in [9.17, 15) is 23.0 Å². The minimum Gasteiger partial charge on any atom is -0.390 e. The number of benzene rings is 1. The minimum atomic E-state index is -4.18. The molecule has 4 rings (SSSR count). The third-order valence-corrected chi connectivity index (χ3v) is 6.22. The Hall–Kier alpha value is -2.38. The van der Waals surface area contributed by atoms with Gasteiger partial charge in [0.05, 0.1) is 31.0 Å². The number of aromatic nitrogens is 2. The van der Waals surface area contributed by atoms with Gasteiger partial charge in [0, 0.05) is 5.92 Å². The van der Waals surface area contributed by atoms with Gasteiger partial charge in [0.2, 0.25) is 5.95 Å². The molecule has 2 aliphatic carbocycles. The summed E-state index contributed by atoms with van der Waals surface area (Å²) in [5.41, 5.74) is 2.40. The second kappa shape index (κ2) is 9.63. The zero-order chi connectivity index (χ0) is 22.2. The molecule has 10 nitrogen and oxygen atoms in total. The highest BCUT2D eigenvalue weighted by Gasteiger charge is 2.42. The van der Waals surface area contributed by atoms with Gasteiger partial charge in [0.25, 0.3) is 0 Å². The highest BCUT2D eigenvalue weighted by atomic mass is 32.2. The van der Waals surface area contributed by atoms with E-state index < -0.39 is 46.9 Å². The topological polar surface area (TPSA) is 160 Å². The number of nitrogens with one attached hydrogen (secondary N) is 2. The van der Waals surface area contributed by atoms with Gasteiger partial charge in [-0.25, -0.2) is 14.5 Å². The first kappa shape index (κ1) is 24.3. The number of aliphatic hydroxyl groups excluding tert-OH is 2. The second-order valence-corrected chi connectivity index (χ2v) is 9.05. The summed E-state index contributed by atoms with van der Waals surface area (Å²) < 4.78 is 40.8. The van der Waals surface area contributed by atoms with Crippen molar-refractivity contribution >= 4 is 22.1 Å². The molecule has 32 heavy (non-hydrogen) atoms. The molecule has 0 unspecified atom stereocenters. The lowest BCUT2D eigenvalue weighted by molar-refractivity contribution is 0.00776. The van der Waals surface area contributed by atoms with E-state index in [2.05, 4.69) is 30.9 Å². The van der Waals surface area contributed by atoms with Crippen LogP contribution in [0.5, 0.6) is 0 Å². The average Bonchev–Trinajstić information content (AvgIpc) is 3.25. The van der Waals surface area contributed by atoms with E-state index in [-0.39, 0.29) is 31.7 Å². The molecule has 0 spiro atoms. The van der Waals surface area contributed by atoms with Crippen LogP contribution in [0, 0.1) is 11.7 Å². The third-order valence-electron chi connectivity index (χ3n) is 5.75. The van der Waals surface area contributed by atoms with Crippen molar-refractivity contribution in [3.05, 3.63) is 47.4 Å². The van der Waals surface area contributed by atoms with Crippen molar-refractivity contribution < 1.29 is 27.2 Å². The molecular formula is C20H28FN5O5S. The van der Waals surface area contributed by atoms with Crippen molar-refractivity contribution in [1.29, 1.82) is 0 Å². The van der Waals surface area contributed by atoms with Crippen molar-refractivity contribution in [1.82, 2.24) is 9.97 Å². The molecule has 176 valence electrons. The van der Waals surface area contributed by atoms with E-state index in [1.807, 2.05) is 18.2 Å². The van der Waals surface area contributed by atoms with Crippen molar-refractivity contribution in [3.63, 3.8) is 0 Å². The fraction of sp³-hybridized carbons (Fsp3) is 0.500. The molecular weight excluding hydrogens is 441 g/mol. The molecule has 6 N–H and O–H groups in total. The first-order valence-corrected chi connectivity index (χ1v) is 11.3. The third kappa shape index (κ3) is 5.33. The van der Waals surface area contributed by atoms with Crippen LogP contribution in [0.1, 0.15) is 37.4 Å². The highest BCUT2D eigenvalue weighted by molar-refractivity contribution is 7.84. The number of aliphatic hydroxyl groups is 2. The van der Waals surface area contributed by atoms with Gasteiger partial charge in [0.15, 0.2) is 11.6 Å². The predicted molar refractivity (Wildman–Crippen MR) is 116 cm³/mol. The van der Waals surface area contributed by atoms with Crippen molar-refractivity contribution in [2.24, 2.45) is 11.1 Å². The highest BCUT2D eigenvalue weighted by Crippen LogP contribution is 2.34. The molecule has 0 bridgehead atoms. The first-order valence-electron chi connectivity index (χ1n) is 9.88. The molecule has 0 amide bonds. The number of nitrogens with zero attached hydrogens (tertiary/aromatic N) is 2. The molecule has 0 radical (unpaired) electrons. The Morgan fingerprint density at radius 3 is 2.72 bits per heavy atom. The van der Waals surface area contributed by atoms with Crippen LogP contribution in [-0.4, -0.2) is 53.5 Å². The largest absolute Gasteiger partial charge is 0.390 e. The molecule has 2 aromatic rings. The molecule has 1 aromatic heterocycles. The van der Waals surface area contributed by atoms with Gasteiger partial charge < -0.3 is 20.8 Å². The summed E-state index contributed by atoms with van der Waals surface area (Å²) in [6.45, 7) is -0.393. The van der Waals surface area contributed by atoms with Crippen molar-refractivity contribution in [2.45, 2.75) is 51.0 Å². The van der Waals surface area contributed by atoms with Crippen LogP contribution >= 0.6 is 0 Å². The lowest BCUT2D eigenvalue weighted by atomic mass is 10.1. The number of hydrogen-bond acceptors (Lipinski definition) is 9. The Balaban J connectivity index is 0.00000289. The van der Waals surface area contributed by atoms with Gasteiger partial charge in [-0.2, -0.15) is 13.4 Å². The molecule has 1 fully saturated rings. The van der Waals surface area contributed by atoms with E-state index >= 15 is 0 Å². The SMILES string of the molecule is C.NS(=O)(=O)OC[C@H]1C[C@@H](Nc2nc(N[C@H]3CCc4ccccc43)ncc2F)[C@H](O)[C@@H]1O. The maximum atomic E-state index is 14.3. The summed E-state index contributed by atoms with van der Waals surface area (Å²) in [6, 6.07) is 7.28. The van der Waals surface area contributed by atoms with E-state index in [1.165, 1.54) is 5.56 Å². The Morgan fingerprint density at radius 2 is 1.97 bits per heavy atom. The minimum absolute atomic E-state index is 0. The summed E-state index contributed by atoms with van der Waals surface area (Å²) in [7, 11) is -4.18. The molecule has 0 saturated heterocycles. The fourth-order valence-corrected chi connectivity index (χ4v) is 4.56. The van der Waals surface area contributed by atoms with Crippen LogP contribution in [-0.2, 0) is 20.9 Å². The standard InChI is InChI=1S/C19H24FN5O5S.CH4/c20-13-8-22-19(24-14-6-5-10-3-1-2-4-12(10)14)25-18(13)23-15-7-11(16(26)17(15)27)9-30-31(21,28)29;/h1-4,8,11,14-17,26-27H,5-7,9H2,(H2,21,28,29)(H2,22,23,24,25);1H4/t11-,14+,15-,16-,17+;/m1./s1. The number of fused-ring (bicyclic) bond motifs is 1. The lowest BCUT2D eigenvalue weighted by Gasteiger charge is -2.20. The number of hydrogen-bond donors (Lipinski definition) is 5. The molecule has 12 heteroatoms. The molecule has 0 aliphatic heterocycles. The van der Waals surface area contributed by atoms with Crippen LogP contribution in [0.25, 0.3) is 0 Å². The molecule has 1 aromatic carbocycles. The molecule has 1 saturated carbocycles. The number of aryl methyl sites for hydroxylation is 1. The summed E-state index contributed by atoms with van der Waals surface area (Å²) >= 11 is 0. The maximum absolute atomic E-state index is 14.3. The Kier molecular flexibility index (Phi) is 7.30. The molecule has 2 aliphatic rings. The Morgan fingerprint density at radius 1 is 1.22 bits per heavy atom. The number of halogens is 1. The van der Waals surface area contributed by atoms with Crippen molar-refractivity contribution in [2.75, 3.05) is 17.2 Å². The van der Waals surface area contributed by atoms with Crippen LogP contribution in [0.3, 0.4) is 0 Å². The summed E-state index contributed by atoms with van der Waals surface area (Å²) in [5, 5.41) is 31.3. The van der Waals surface area contributed by atoms with Crippen molar-refractivity contribution in [3.8, 4) is 0 Å². The molecule has 1 heterocycles. The number of anilines is 2. The summed E-state index contributed by atoms with van der Waals surface area (Å²) in [6.07, 6.45) is 0.396. The van der Waals surface area contributed by atoms with Gasteiger partial charge in [-0.1, -0.05) is 31.7 Å². The number of nitrogens with two attached hydrogens (primary N) is 1. The zero-order valence-corrected chi connectivity index (χ0v) is 17.3. The Labute approximate surface area is 186 Å².